The molecule has 0 spiro atoms. The van der Waals surface area contributed by atoms with E-state index in [1.165, 1.54) is 11.3 Å². The van der Waals surface area contributed by atoms with Gasteiger partial charge in [-0.05, 0) is 23.6 Å². The van der Waals surface area contributed by atoms with Crippen molar-refractivity contribution in [2.75, 3.05) is 0 Å². The Bertz CT molecular complexity index is 483. The van der Waals surface area contributed by atoms with E-state index in [0.717, 1.165) is 9.86 Å². The van der Waals surface area contributed by atoms with E-state index in [0.29, 0.717) is 9.48 Å². The van der Waals surface area contributed by atoms with Gasteiger partial charge >= 0.3 is 7.12 Å². The van der Waals surface area contributed by atoms with Gasteiger partial charge in [0.25, 0.3) is 0 Å². The van der Waals surface area contributed by atoms with Gasteiger partial charge in [0.1, 0.15) is 5.75 Å². The zero-order valence-electron chi connectivity index (χ0n) is 6.94. The fraction of sp³-hybridized carbons (Fsp3) is 0. The normalized spacial score (nSPS) is 10.8. The smallest absolute Gasteiger partial charge is 0.499 e. The molecule has 0 amide bonds. The Morgan fingerprint density at radius 3 is 2.57 bits per heavy atom. The summed E-state index contributed by atoms with van der Waals surface area (Å²) in [5.74, 6) is 0.145. The van der Waals surface area contributed by atoms with E-state index >= 15 is 0 Å². The number of hydrogen-bond acceptors (Lipinski definition) is 4. The molecule has 1 heterocycles. The van der Waals surface area contributed by atoms with Crippen molar-refractivity contribution >= 4 is 49.2 Å². The molecule has 0 aliphatic heterocycles. The molecule has 3 N–H and O–H groups in total. The zero-order valence-corrected chi connectivity index (χ0v) is 9.34. The molecule has 0 aliphatic rings. The molecule has 0 unspecified atom stereocenters. The average Bonchev–Trinajstić information content (AvgIpc) is 2.47. The molecule has 0 aliphatic carbocycles. The van der Waals surface area contributed by atoms with Crippen LogP contribution in [0.25, 0.3) is 10.1 Å². The van der Waals surface area contributed by atoms with Crippen LogP contribution in [0.4, 0.5) is 0 Å². The molecule has 0 radical (unpaired) electrons. The molecule has 1 aromatic heterocycles. The molecule has 2 rings (SSSR count). The first-order valence-electron chi connectivity index (χ1n) is 3.86. The summed E-state index contributed by atoms with van der Waals surface area (Å²) >= 11 is 4.42. The van der Waals surface area contributed by atoms with Crippen LogP contribution in [0.1, 0.15) is 0 Å². The van der Waals surface area contributed by atoms with Crippen LogP contribution < -0.4 is 4.78 Å². The maximum absolute atomic E-state index is 9.56. The highest BCUT2D eigenvalue weighted by atomic mass is 79.9. The van der Waals surface area contributed by atoms with Crippen LogP contribution >= 0.6 is 27.3 Å². The Morgan fingerprint density at radius 2 is 1.93 bits per heavy atom. The van der Waals surface area contributed by atoms with Crippen molar-refractivity contribution in [1.29, 1.82) is 0 Å². The Morgan fingerprint density at radius 1 is 1.21 bits per heavy atom. The van der Waals surface area contributed by atoms with Crippen molar-refractivity contribution in [2.24, 2.45) is 0 Å². The van der Waals surface area contributed by atoms with Gasteiger partial charge in [-0.1, -0.05) is 15.9 Å². The number of phenolic OH excluding ortho intramolecular Hbond substituents is 1. The highest BCUT2D eigenvalue weighted by Crippen LogP contribution is 2.32. The number of thiophene rings is 1. The summed E-state index contributed by atoms with van der Waals surface area (Å²) in [6, 6.07) is 5.04. The molecule has 2 aromatic rings. The minimum absolute atomic E-state index is 0.145. The van der Waals surface area contributed by atoms with Crippen molar-refractivity contribution < 1.29 is 15.2 Å². The maximum Gasteiger partial charge on any atom is 0.499 e. The van der Waals surface area contributed by atoms with Crippen LogP contribution in [0.2, 0.25) is 0 Å². The minimum atomic E-state index is -1.48. The lowest BCUT2D eigenvalue weighted by Gasteiger charge is -1.94. The van der Waals surface area contributed by atoms with Gasteiger partial charge in [0.15, 0.2) is 0 Å². The third-order valence-electron chi connectivity index (χ3n) is 1.83. The second kappa shape index (κ2) is 3.54. The topological polar surface area (TPSA) is 60.7 Å². The Balaban J connectivity index is 2.70. The van der Waals surface area contributed by atoms with E-state index in [1.807, 2.05) is 6.07 Å². The van der Waals surface area contributed by atoms with Crippen molar-refractivity contribution in [3.8, 4) is 5.75 Å². The van der Waals surface area contributed by atoms with Crippen molar-refractivity contribution in [1.82, 2.24) is 0 Å². The third kappa shape index (κ3) is 1.66. The van der Waals surface area contributed by atoms with Gasteiger partial charge in [0, 0.05) is 9.25 Å². The lowest BCUT2D eigenvalue weighted by Crippen LogP contribution is -2.26. The summed E-state index contributed by atoms with van der Waals surface area (Å²) in [4.78, 5) is 0. The summed E-state index contributed by atoms with van der Waals surface area (Å²) < 4.78 is 1.85. The number of phenols is 1. The summed E-state index contributed by atoms with van der Waals surface area (Å²) in [6.45, 7) is 0. The lowest BCUT2D eigenvalue weighted by atomic mass is 9.89. The lowest BCUT2D eigenvalue weighted by molar-refractivity contribution is 0.427. The van der Waals surface area contributed by atoms with Crippen LogP contribution in [-0.4, -0.2) is 22.3 Å². The number of aromatic hydroxyl groups is 1. The van der Waals surface area contributed by atoms with Gasteiger partial charge in [-0.2, -0.15) is 0 Å². The molecule has 72 valence electrons. The van der Waals surface area contributed by atoms with Gasteiger partial charge in [-0.15, -0.1) is 11.3 Å². The average molecular weight is 273 g/mol. The molecule has 0 saturated heterocycles. The van der Waals surface area contributed by atoms with E-state index < -0.39 is 7.12 Å². The number of fused-ring (bicyclic) bond motifs is 1. The monoisotopic (exact) mass is 272 g/mol. The maximum atomic E-state index is 9.56. The first-order chi connectivity index (χ1) is 6.58. The van der Waals surface area contributed by atoms with Gasteiger partial charge in [0.05, 0.1) is 4.70 Å². The zero-order chi connectivity index (χ0) is 10.3. The summed E-state index contributed by atoms with van der Waals surface area (Å²) in [7, 11) is -1.48. The van der Waals surface area contributed by atoms with Gasteiger partial charge in [0.2, 0.25) is 0 Å². The van der Waals surface area contributed by atoms with Crippen molar-refractivity contribution in [3.63, 3.8) is 0 Å². The number of halogens is 1. The van der Waals surface area contributed by atoms with Crippen molar-refractivity contribution in [3.05, 3.63) is 22.7 Å². The summed E-state index contributed by atoms with van der Waals surface area (Å²) in [5, 5.41) is 28.3. The SMILES string of the molecule is OB(O)c1cc2cc(Br)cc(O)c2s1. The van der Waals surface area contributed by atoms with Crippen LogP contribution in [0, 0.1) is 0 Å². The molecular weight excluding hydrogens is 267 g/mol. The predicted molar refractivity (Wildman–Crippen MR) is 61.0 cm³/mol. The van der Waals surface area contributed by atoms with Crippen LogP contribution in [0.5, 0.6) is 5.75 Å². The number of rotatable bonds is 1. The summed E-state index contributed by atoms with van der Waals surface area (Å²) in [6.07, 6.45) is 0. The van der Waals surface area contributed by atoms with Crippen molar-refractivity contribution in [2.45, 2.75) is 0 Å². The van der Waals surface area contributed by atoms with Crippen LogP contribution in [0.3, 0.4) is 0 Å². The Hall–Kier alpha value is -0.555. The van der Waals surface area contributed by atoms with Crippen LogP contribution in [0.15, 0.2) is 22.7 Å². The fourth-order valence-electron chi connectivity index (χ4n) is 1.25. The molecule has 6 heteroatoms. The summed E-state index contributed by atoms with van der Waals surface area (Å²) in [5.41, 5.74) is 0. The van der Waals surface area contributed by atoms with E-state index in [1.54, 1.807) is 12.1 Å². The van der Waals surface area contributed by atoms with Crippen LogP contribution in [-0.2, 0) is 0 Å². The first-order valence-corrected chi connectivity index (χ1v) is 5.47. The molecule has 1 aromatic carbocycles. The molecule has 14 heavy (non-hydrogen) atoms. The highest BCUT2D eigenvalue weighted by Gasteiger charge is 2.16. The Kier molecular flexibility index (Phi) is 2.53. The third-order valence-corrected chi connectivity index (χ3v) is 3.51. The fourth-order valence-corrected chi connectivity index (χ4v) is 2.64. The second-order valence-electron chi connectivity index (χ2n) is 2.87. The highest BCUT2D eigenvalue weighted by molar-refractivity contribution is 9.10. The molecule has 3 nitrogen and oxygen atoms in total. The quantitative estimate of drug-likeness (QED) is 0.680. The largest absolute Gasteiger partial charge is 0.506 e. The molecule has 0 atom stereocenters. The van der Waals surface area contributed by atoms with E-state index in [4.69, 9.17) is 10.0 Å². The van der Waals surface area contributed by atoms with E-state index in [2.05, 4.69) is 15.9 Å². The Labute approximate surface area is 92.9 Å². The predicted octanol–water partition coefficient (Wildman–Crippen LogP) is 1.05. The molecule has 0 bridgehead atoms. The van der Waals surface area contributed by atoms with Gasteiger partial charge in [-0.25, -0.2) is 0 Å². The van der Waals surface area contributed by atoms with E-state index in [-0.39, 0.29) is 5.75 Å². The minimum Gasteiger partial charge on any atom is -0.506 e. The molecule has 0 saturated carbocycles. The first kappa shape index (κ1) is 9.98. The molecular formula is C8H6BBrO3S. The number of hydrogen-bond donors (Lipinski definition) is 3. The van der Waals surface area contributed by atoms with Gasteiger partial charge < -0.3 is 15.2 Å². The number of benzene rings is 1. The molecule has 0 fully saturated rings. The van der Waals surface area contributed by atoms with Gasteiger partial charge in [-0.3, -0.25) is 0 Å². The van der Waals surface area contributed by atoms with E-state index in [9.17, 15) is 5.11 Å². The second-order valence-corrected chi connectivity index (χ2v) is 4.87. The standard InChI is InChI=1S/C8H6BBrO3S/c10-5-1-4-2-7(9(12)13)14-8(4)6(11)3-5/h1-3,11-13H.